The Balaban J connectivity index is 2.36. The van der Waals surface area contributed by atoms with Gasteiger partial charge in [-0.05, 0) is 32.5 Å². The van der Waals surface area contributed by atoms with E-state index >= 15 is 0 Å². The fourth-order valence-electron chi connectivity index (χ4n) is 2.74. The van der Waals surface area contributed by atoms with Crippen molar-refractivity contribution in [2.24, 2.45) is 5.41 Å². The predicted molar refractivity (Wildman–Crippen MR) is 77.2 cm³/mol. The minimum Gasteiger partial charge on any atom is -0.383 e. The van der Waals surface area contributed by atoms with Crippen molar-refractivity contribution in [1.29, 1.82) is 0 Å². The molecule has 112 valence electrons. The van der Waals surface area contributed by atoms with Crippen molar-refractivity contribution in [3.63, 3.8) is 0 Å². The van der Waals surface area contributed by atoms with E-state index in [2.05, 4.69) is 18.9 Å². The lowest BCUT2D eigenvalue weighted by Crippen LogP contribution is -2.43. The maximum atomic E-state index is 12.2. The largest absolute Gasteiger partial charge is 0.383 e. The highest BCUT2D eigenvalue weighted by molar-refractivity contribution is 5.78. The van der Waals surface area contributed by atoms with Crippen molar-refractivity contribution in [2.75, 3.05) is 67.6 Å². The smallest absolute Gasteiger partial charge is 0.236 e. The predicted octanol–water partition coefficient (Wildman–Crippen LogP) is 0.365. The standard InChI is InChI=1S/C14H29N3O2/c1-14(6-7-16(3)11-14)12-17(4)13(18)10-15(2)8-9-19-5/h6-12H2,1-5H3. The molecule has 0 spiro atoms. The Hall–Kier alpha value is -0.650. The van der Waals surface area contributed by atoms with Crippen LogP contribution < -0.4 is 0 Å². The van der Waals surface area contributed by atoms with Crippen LogP contribution in [0.3, 0.4) is 0 Å². The molecule has 0 aromatic carbocycles. The normalized spacial score (nSPS) is 24.1. The SMILES string of the molecule is COCCN(C)CC(=O)N(C)CC1(C)CCN(C)C1. The number of ether oxygens (including phenoxy) is 1. The number of nitrogens with zero attached hydrogens (tertiary/aromatic N) is 3. The summed E-state index contributed by atoms with van der Waals surface area (Å²) in [5.41, 5.74) is 0.240. The number of likely N-dealkylation sites (N-methyl/N-ethyl adjacent to an activating group) is 2. The van der Waals surface area contributed by atoms with Gasteiger partial charge in [0.25, 0.3) is 0 Å². The molecule has 1 rings (SSSR count). The molecule has 19 heavy (non-hydrogen) atoms. The highest BCUT2D eigenvalue weighted by atomic mass is 16.5. The Morgan fingerprint density at radius 2 is 2.11 bits per heavy atom. The van der Waals surface area contributed by atoms with Crippen LogP contribution in [0.15, 0.2) is 0 Å². The molecular formula is C14H29N3O2. The van der Waals surface area contributed by atoms with Crippen molar-refractivity contribution in [3.05, 3.63) is 0 Å². The molecule has 1 atom stereocenters. The first-order chi connectivity index (χ1) is 8.86. The van der Waals surface area contributed by atoms with E-state index in [0.29, 0.717) is 13.2 Å². The van der Waals surface area contributed by atoms with E-state index in [1.165, 1.54) is 6.42 Å². The van der Waals surface area contributed by atoms with Gasteiger partial charge in [0.2, 0.25) is 5.91 Å². The van der Waals surface area contributed by atoms with Gasteiger partial charge in [-0.3, -0.25) is 9.69 Å². The van der Waals surface area contributed by atoms with Gasteiger partial charge in [-0.2, -0.15) is 0 Å². The summed E-state index contributed by atoms with van der Waals surface area (Å²) in [6, 6.07) is 0. The van der Waals surface area contributed by atoms with Crippen molar-refractivity contribution >= 4 is 5.91 Å². The molecule has 0 N–H and O–H groups in total. The lowest BCUT2D eigenvalue weighted by Gasteiger charge is -2.31. The third kappa shape index (κ3) is 5.47. The number of likely N-dealkylation sites (tertiary alicyclic amines) is 1. The van der Waals surface area contributed by atoms with Gasteiger partial charge < -0.3 is 14.5 Å². The second-order valence-corrected chi connectivity index (χ2v) is 6.28. The Morgan fingerprint density at radius 1 is 1.42 bits per heavy atom. The van der Waals surface area contributed by atoms with E-state index in [1.807, 2.05) is 23.9 Å². The molecule has 5 nitrogen and oxygen atoms in total. The summed E-state index contributed by atoms with van der Waals surface area (Å²) in [7, 11) is 7.69. The zero-order valence-electron chi connectivity index (χ0n) is 13.1. The monoisotopic (exact) mass is 271 g/mol. The molecule has 0 saturated carbocycles. The quantitative estimate of drug-likeness (QED) is 0.670. The maximum absolute atomic E-state index is 12.2. The molecule has 1 unspecified atom stereocenters. The topological polar surface area (TPSA) is 36.0 Å². The van der Waals surface area contributed by atoms with Crippen LogP contribution in [-0.4, -0.2) is 88.2 Å². The number of hydrogen-bond acceptors (Lipinski definition) is 4. The van der Waals surface area contributed by atoms with E-state index in [4.69, 9.17) is 4.74 Å². The summed E-state index contributed by atoms with van der Waals surface area (Å²) < 4.78 is 5.02. The minimum atomic E-state index is 0.189. The molecule has 1 aliphatic heterocycles. The molecule has 5 heteroatoms. The zero-order valence-corrected chi connectivity index (χ0v) is 13.1. The number of hydrogen-bond donors (Lipinski definition) is 0. The summed E-state index contributed by atoms with van der Waals surface area (Å²) in [6.45, 7) is 7.23. The highest BCUT2D eigenvalue weighted by Gasteiger charge is 2.34. The highest BCUT2D eigenvalue weighted by Crippen LogP contribution is 2.29. The number of methoxy groups -OCH3 is 1. The van der Waals surface area contributed by atoms with Crippen LogP contribution in [0.25, 0.3) is 0 Å². The van der Waals surface area contributed by atoms with Gasteiger partial charge in [0, 0.05) is 33.8 Å². The van der Waals surface area contributed by atoms with Crippen LogP contribution in [0, 0.1) is 5.41 Å². The molecule has 0 aliphatic carbocycles. The number of carbonyl (C=O) groups excluding carboxylic acids is 1. The number of carbonyl (C=O) groups is 1. The van der Waals surface area contributed by atoms with Gasteiger partial charge >= 0.3 is 0 Å². The van der Waals surface area contributed by atoms with Crippen molar-refractivity contribution in [1.82, 2.24) is 14.7 Å². The second-order valence-electron chi connectivity index (χ2n) is 6.28. The summed E-state index contributed by atoms with van der Waals surface area (Å²) in [5.74, 6) is 0.189. The van der Waals surface area contributed by atoms with E-state index in [-0.39, 0.29) is 11.3 Å². The van der Waals surface area contributed by atoms with Gasteiger partial charge in [0.05, 0.1) is 13.2 Å². The fraction of sp³-hybridized carbons (Fsp3) is 0.929. The molecule has 0 aromatic rings. The lowest BCUT2D eigenvalue weighted by molar-refractivity contribution is -0.132. The van der Waals surface area contributed by atoms with Crippen LogP contribution in [0.2, 0.25) is 0 Å². The van der Waals surface area contributed by atoms with Crippen LogP contribution >= 0.6 is 0 Å². The third-order valence-corrected chi connectivity index (χ3v) is 3.88. The van der Waals surface area contributed by atoms with Crippen LogP contribution in [0.4, 0.5) is 0 Å². The average Bonchev–Trinajstić information content (AvgIpc) is 2.66. The van der Waals surface area contributed by atoms with Gasteiger partial charge in [-0.25, -0.2) is 0 Å². The Kier molecular flexibility index (Phi) is 6.23. The molecular weight excluding hydrogens is 242 g/mol. The summed E-state index contributed by atoms with van der Waals surface area (Å²) >= 11 is 0. The van der Waals surface area contributed by atoms with Crippen molar-refractivity contribution in [2.45, 2.75) is 13.3 Å². The molecule has 1 fully saturated rings. The van der Waals surface area contributed by atoms with E-state index in [0.717, 1.165) is 26.2 Å². The number of rotatable bonds is 7. The second kappa shape index (κ2) is 7.22. The molecule has 0 aromatic heterocycles. The Bertz CT molecular complexity index is 298. The molecule has 1 amide bonds. The minimum absolute atomic E-state index is 0.189. The van der Waals surface area contributed by atoms with Gasteiger partial charge in [-0.1, -0.05) is 6.92 Å². The Labute approximate surface area is 117 Å². The van der Waals surface area contributed by atoms with Gasteiger partial charge in [-0.15, -0.1) is 0 Å². The molecule has 1 saturated heterocycles. The first kappa shape index (κ1) is 16.4. The summed E-state index contributed by atoms with van der Waals surface area (Å²) in [6.07, 6.45) is 1.17. The first-order valence-electron chi connectivity index (χ1n) is 6.96. The first-order valence-corrected chi connectivity index (χ1v) is 6.96. The summed E-state index contributed by atoms with van der Waals surface area (Å²) in [5, 5.41) is 0. The van der Waals surface area contributed by atoms with Gasteiger partial charge in [0.1, 0.15) is 0 Å². The fourth-order valence-corrected chi connectivity index (χ4v) is 2.74. The molecule has 0 bridgehead atoms. The Morgan fingerprint density at radius 3 is 2.63 bits per heavy atom. The zero-order chi connectivity index (χ0) is 14.5. The van der Waals surface area contributed by atoms with Gasteiger partial charge in [0.15, 0.2) is 0 Å². The van der Waals surface area contributed by atoms with Crippen molar-refractivity contribution < 1.29 is 9.53 Å². The van der Waals surface area contributed by atoms with Crippen LogP contribution in [0.1, 0.15) is 13.3 Å². The van der Waals surface area contributed by atoms with E-state index in [9.17, 15) is 4.79 Å². The molecule has 1 aliphatic rings. The number of amides is 1. The van der Waals surface area contributed by atoms with Crippen molar-refractivity contribution in [3.8, 4) is 0 Å². The van der Waals surface area contributed by atoms with E-state index in [1.54, 1.807) is 7.11 Å². The van der Waals surface area contributed by atoms with Crippen LogP contribution in [-0.2, 0) is 9.53 Å². The third-order valence-electron chi connectivity index (χ3n) is 3.88. The summed E-state index contributed by atoms with van der Waals surface area (Å²) in [4.78, 5) is 18.4. The lowest BCUT2D eigenvalue weighted by atomic mass is 9.89. The maximum Gasteiger partial charge on any atom is 0.236 e. The average molecular weight is 271 g/mol. The molecule has 1 heterocycles. The van der Waals surface area contributed by atoms with Crippen LogP contribution in [0.5, 0.6) is 0 Å². The van der Waals surface area contributed by atoms with E-state index < -0.39 is 0 Å². The molecule has 0 radical (unpaired) electrons.